The summed E-state index contributed by atoms with van der Waals surface area (Å²) >= 11 is 0. The van der Waals surface area contributed by atoms with Crippen molar-refractivity contribution in [2.75, 3.05) is 13.7 Å². The highest BCUT2D eigenvalue weighted by molar-refractivity contribution is 6.01. The lowest BCUT2D eigenvalue weighted by atomic mass is 10.1. The van der Waals surface area contributed by atoms with Crippen LogP contribution < -0.4 is 10.3 Å². The number of ether oxygens (including phenoxy) is 1. The highest BCUT2D eigenvalue weighted by Gasteiger charge is 2.15. The predicted molar refractivity (Wildman–Crippen MR) is 121 cm³/mol. The molecule has 0 amide bonds. The molecule has 4 aromatic rings. The Balaban J connectivity index is 1.63. The van der Waals surface area contributed by atoms with E-state index in [1.54, 1.807) is 31.9 Å². The van der Waals surface area contributed by atoms with Crippen molar-refractivity contribution >= 4 is 17.0 Å². The van der Waals surface area contributed by atoms with Gasteiger partial charge in [0.15, 0.2) is 0 Å². The molecule has 0 spiro atoms. The minimum atomic E-state index is -0.235. The summed E-state index contributed by atoms with van der Waals surface area (Å²) in [6.07, 6.45) is 7.95. The average Bonchev–Trinajstić information content (AvgIpc) is 3.32. The topological polar surface area (TPSA) is 81.6 Å². The molecule has 0 unspecified atom stereocenters. The number of aromatic nitrogens is 3. The van der Waals surface area contributed by atoms with Gasteiger partial charge in [0, 0.05) is 42.5 Å². The number of fused-ring (bicyclic) bond motifs is 1. The Morgan fingerprint density at radius 3 is 2.61 bits per heavy atom. The molecule has 31 heavy (non-hydrogen) atoms. The number of pyridine rings is 1. The standard InChI is InChI=1S/C24H24N4O3/c1-31-19-9-7-18(8-10-19)16-28-23(29)21-6-3-2-5-20(21)22(24(28)30)15-25-11-4-13-27-14-12-26-17-27/h2-3,5-10,12,14-15,17,30H,4,11,13,16H2,1H3. The van der Waals surface area contributed by atoms with Crippen LogP contribution in [0.1, 0.15) is 17.5 Å². The van der Waals surface area contributed by atoms with Crippen molar-refractivity contribution in [3.05, 3.63) is 88.7 Å². The van der Waals surface area contributed by atoms with Gasteiger partial charge in [-0.3, -0.25) is 14.4 Å². The number of aromatic hydroxyl groups is 1. The number of aliphatic imine (C=N–C) groups is 1. The number of nitrogens with zero attached hydrogens (tertiary/aromatic N) is 4. The fraction of sp³-hybridized carbons (Fsp3) is 0.208. The Bertz CT molecular complexity index is 1240. The molecular formula is C24H24N4O3. The summed E-state index contributed by atoms with van der Waals surface area (Å²) in [4.78, 5) is 21.6. The van der Waals surface area contributed by atoms with Gasteiger partial charge in [-0.05, 0) is 30.2 Å². The molecule has 2 heterocycles. The molecule has 7 nitrogen and oxygen atoms in total. The van der Waals surface area contributed by atoms with Crippen LogP contribution in [-0.2, 0) is 13.1 Å². The third-order valence-electron chi connectivity index (χ3n) is 5.17. The minimum Gasteiger partial charge on any atom is -0.497 e. The summed E-state index contributed by atoms with van der Waals surface area (Å²) in [5.74, 6) is 0.653. The van der Waals surface area contributed by atoms with Gasteiger partial charge >= 0.3 is 0 Å². The van der Waals surface area contributed by atoms with Gasteiger partial charge in [0.05, 0.1) is 25.5 Å². The monoisotopic (exact) mass is 416 g/mol. The van der Waals surface area contributed by atoms with Crippen molar-refractivity contribution < 1.29 is 9.84 Å². The van der Waals surface area contributed by atoms with Crippen molar-refractivity contribution in [1.29, 1.82) is 0 Å². The van der Waals surface area contributed by atoms with Gasteiger partial charge in [-0.25, -0.2) is 4.98 Å². The molecule has 0 fully saturated rings. The lowest BCUT2D eigenvalue weighted by Crippen LogP contribution is -2.22. The minimum absolute atomic E-state index is 0.0853. The molecule has 0 atom stereocenters. The molecule has 0 bridgehead atoms. The first kappa shape index (κ1) is 20.4. The van der Waals surface area contributed by atoms with Crippen LogP contribution in [0.5, 0.6) is 11.6 Å². The summed E-state index contributed by atoms with van der Waals surface area (Å²) in [5.41, 5.74) is 1.20. The summed E-state index contributed by atoms with van der Waals surface area (Å²) in [7, 11) is 1.61. The van der Waals surface area contributed by atoms with Crippen LogP contribution in [0, 0.1) is 0 Å². The molecule has 2 aromatic carbocycles. The van der Waals surface area contributed by atoms with Crippen LogP contribution in [-0.4, -0.2) is 39.1 Å². The highest BCUT2D eigenvalue weighted by atomic mass is 16.5. The Morgan fingerprint density at radius 2 is 1.90 bits per heavy atom. The fourth-order valence-corrected chi connectivity index (χ4v) is 3.52. The van der Waals surface area contributed by atoms with Gasteiger partial charge in [-0.1, -0.05) is 30.3 Å². The molecule has 0 saturated carbocycles. The number of methoxy groups -OCH3 is 1. The van der Waals surface area contributed by atoms with Gasteiger partial charge in [-0.15, -0.1) is 0 Å². The Labute approximate surface area is 179 Å². The lowest BCUT2D eigenvalue weighted by molar-refractivity contribution is 0.412. The van der Waals surface area contributed by atoms with E-state index in [0.717, 1.165) is 24.3 Å². The zero-order chi connectivity index (χ0) is 21.6. The second-order valence-electron chi connectivity index (χ2n) is 7.21. The number of hydrogen-bond donors (Lipinski definition) is 1. The number of aryl methyl sites for hydroxylation is 1. The van der Waals surface area contributed by atoms with Crippen molar-refractivity contribution in [2.45, 2.75) is 19.5 Å². The molecule has 158 valence electrons. The van der Waals surface area contributed by atoms with E-state index in [-0.39, 0.29) is 18.0 Å². The van der Waals surface area contributed by atoms with E-state index in [2.05, 4.69) is 9.98 Å². The summed E-state index contributed by atoms with van der Waals surface area (Å²) < 4.78 is 8.57. The van der Waals surface area contributed by atoms with Gasteiger partial charge in [0.25, 0.3) is 5.56 Å². The van der Waals surface area contributed by atoms with Gasteiger partial charge in [0.2, 0.25) is 5.88 Å². The smallest absolute Gasteiger partial charge is 0.261 e. The first-order chi connectivity index (χ1) is 15.2. The normalized spacial score (nSPS) is 11.4. The fourth-order valence-electron chi connectivity index (χ4n) is 3.52. The zero-order valence-corrected chi connectivity index (χ0v) is 17.3. The van der Waals surface area contributed by atoms with Crippen molar-refractivity contribution in [3.63, 3.8) is 0 Å². The third-order valence-corrected chi connectivity index (χ3v) is 5.17. The van der Waals surface area contributed by atoms with Gasteiger partial charge < -0.3 is 14.4 Å². The summed E-state index contributed by atoms with van der Waals surface area (Å²) in [5, 5.41) is 12.2. The number of benzene rings is 2. The molecule has 4 rings (SSSR count). The first-order valence-electron chi connectivity index (χ1n) is 10.1. The maximum atomic E-state index is 13.1. The number of imidazole rings is 1. The van der Waals surface area contributed by atoms with E-state index in [1.165, 1.54) is 4.57 Å². The molecule has 7 heteroatoms. The van der Waals surface area contributed by atoms with E-state index in [0.29, 0.717) is 22.9 Å². The lowest BCUT2D eigenvalue weighted by Gasteiger charge is -2.14. The molecule has 2 aromatic heterocycles. The van der Waals surface area contributed by atoms with Gasteiger partial charge in [-0.2, -0.15) is 0 Å². The summed E-state index contributed by atoms with van der Waals surface area (Å²) in [6.45, 7) is 1.67. The van der Waals surface area contributed by atoms with Crippen LogP contribution >= 0.6 is 0 Å². The van der Waals surface area contributed by atoms with Gasteiger partial charge in [0.1, 0.15) is 5.75 Å². The Morgan fingerprint density at radius 1 is 1.13 bits per heavy atom. The average molecular weight is 416 g/mol. The van der Waals surface area contributed by atoms with Crippen LogP contribution in [0.15, 0.2) is 77.0 Å². The van der Waals surface area contributed by atoms with Crippen molar-refractivity contribution in [3.8, 4) is 11.6 Å². The largest absolute Gasteiger partial charge is 0.497 e. The second kappa shape index (κ2) is 9.30. The zero-order valence-electron chi connectivity index (χ0n) is 17.3. The second-order valence-corrected chi connectivity index (χ2v) is 7.21. The van der Waals surface area contributed by atoms with E-state index in [9.17, 15) is 9.90 Å². The van der Waals surface area contributed by atoms with E-state index >= 15 is 0 Å². The molecule has 0 aliphatic heterocycles. The van der Waals surface area contributed by atoms with Crippen LogP contribution in [0.3, 0.4) is 0 Å². The molecule has 1 N–H and O–H groups in total. The third kappa shape index (κ3) is 4.50. The van der Waals surface area contributed by atoms with Crippen LogP contribution in [0.4, 0.5) is 0 Å². The van der Waals surface area contributed by atoms with E-state index < -0.39 is 0 Å². The van der Waals surface area contributed by atoms with Crippen LogP contribution in [0.2, 0.25) is 0 Å². The van der Waals surface area contributed by atoms with E-state index in [4.69, 9.17) is 4.74 Å². The molecule has 0 aliphatic rings. The highest BCUT2D eigenvalue weighted by Crippen LogP contribution is 2.24. The predicted octanol–water partition coefficient (Wildman–Crippen LogP) is 3.47. The van der Waals surface area contributed by atoms with Crippen molar-refractivity contribution in [1.82, 2.24) is 14.1 Å². The molecule has 0 aliphatic carbocycles. The maximum absolute atomic E-state index is 13.1. The summed E-state index contributed by atoms with van der Waals surface area (Å²) in [6, 6.07) is 14.7. The number of hydrogen-bond acceptors (Lipinski definition) is 5. The van der Waals surface area contributed by atoms with Crippen LogP contribution in [0.25, 0.3) is 10.8 Å². The molecule has 0 saturated heterocycles. The number of rotatable bonds is 8. The molecule has 0 radical (unpaired) electrons. The Hall–Kier alpha value is -3.87. The first-order valence-corrected chi connectivity index (χ1v) is 10.1. The van der Waals surface area contributed by atoms with E-state index in [1.807, 2.05) is 53.2 Å². The van der Waals surface area contributed by atoms with Crippen molar-refractivity contribution in [2.24, 2.45) is 4.99 Å². The SMILES string of the molecule is COc1ccc(Cn2c(O)c(C=NCCCn3ccnc3)c3ccccc3c2=O)cc1. The maximum Gasteiger partial charge on any atom is 0.261 e. The molecular weight excluding hydrogens is 392 g/mol. The Kier molecular flexibility index (Phi) is 6.12. The quantitative estimate of drug-likeness (QED) is 0.352.